The highest BCUT2D eigenvalue weighted by Crippen LogP contribution is 2.31. The summed E-state index contributed by atoms with van der Waals surface area (Å²) in [7, 11) is 0. The van der Waals surface area contributed by atoms with Crippen molar-refractivity contribution >= 4 is 0 Å². The molecule has 3 nitrogen and oxygen atoms in total. The Hall–Kier alpha value is -0.830. The molecule has 0 aromatic carbocycles. The van der Waals surface area contributed by atoms with Crippen molar-refractivity contribution in [1.29, 1.82) is 0 Å². The minimum Gasteiger partial charge on any atom is -0.330 e. The monoisotopic (exact) mass is 193 g/mol. The molecule has 0 saturated heterocycles. The van der Waals surface area contributed by atoms with Gasteiger partial charge in [-0.25, -0.2) is 0 Å². The summed E-state index contributed by atoms with van der Waals surface area (Å²) in [6.07, 6.45) is 5.69. The Morgan fingerprint density at radius 3 is 3.07 bits per heavy atom. The summed E-state index contributed by atoms with van der Waals surface area (Å²) < 4.78 is 2.14. The molecule has 2 rings (SSSR count). The van der Waals surface area contributed by atoms with E-state index < -0.39 is 0 Å². The van der Waals surface area contributed by atoms with Crippen molar-refractivity contribution in [1.82, 2.24) is 9.78 Å². The van der Waals surface area contributed by atoms with Crippen LogP contribution in [0.5, 0.6) is 0 Å². The predicted molar refractivity (Wildman–Crippen MR) is 57.3 cm³/mol. The van der Waals surface area contributed by atoms with Crippen molar-refractivity contribution in [2.45, 2.75) is 45.1 Å². The van der Waals surface area contributed by atoms with E-state index in [4.69, 9.17) is 5.73 Å². The molecule has 1 aliphatic carbocycles. The van der Waals surface area contributed by atoms with Crippen molar-refractivity contribution in [3.05, 3.63) is 17.5 Å². The minimum atomic E-state index is 0.450. The van der Waals surface area contributed by atoms with Crippen LogP contribution in [-0.2, 0) is 6.42 Å². The van der Waals surface area contributed by atoms with Crippen LogP contribution in [0.1, 0.15) is 49.9 Å². The number of hydrogen-bond donors (Lipinski definition) is 1. The third kappa shape index (κ3) is 1.46. The van der Waals surface area contributed by atoms with Crippen LogP contribution >= 0.6 is 0 Å². The Morgan fingerprint density at radius 1 is 1.64 bits per heavy atom. The van der Waals surface area contributed by atoms with Crippen molar-refractivity contribution in [3.8, 4) is 0 Å². The van der Waals surface area contributed by atoms with Crippen LogP contribution < -0.4 is 5.73 Å². The van der Waals surface area contributed by atoms with Crippen LogP contribution in [0.2, 0.25) is 0 Å². The average molecular weight is 193 g/mol. The number of nitrogens with two attached hydrogens (primary N) is 1. The summed E-state index contributed by atoms with van der Waals surface area (Å²) in [5.41, 5.74) is 8.62. The first-order valence-corrected chi connectivity index (χ1v) is 5.50. The lowest BCUT2D eigenvalue weighted by Gasteiger charge is -2.24. The Balaban J connectivity index is 2.41. The SMILES string of the molecule is CC(C)n1ncc2c1C(CN)CCC2. The molecule has 0 spiro atoms. The summed E-state index contributed by atoms with van der Waals surface area (Å²) in [4.78, 5) is 0. The van der Waals surface area contributed by atoms with Gasteiger partial charge in [-0.15, -0.1) is 0 Å². The van der Waals surface area contributed by atoms with Gasteiger partial charge >= 0.3 is 0 Å². The molecule has 78 valence electrons. The maximum Gasteiger partial charge on any atom is 0.0524 e. The van der Waals surface area contributed by atoms with E-state index in [1.165, 1.54) is 30.5 Å². The molecule has 0 aliphatic heterocycles. The second-order valence-corrected chi connectivity index (χ2v) is 4.42. The lowest BCUT2D eigenvalue weighted by Crippen LogP contribution is -2.22. The molecule has 0 saturated carbocycles. The highest BCUT2D eigenvalue weighted by molar-refractivity contribution is 5.25. The molecule has 1 aliphatic rings. The third-order valence-corrected chi connectivity index (χ3v) is 3.07. The second-order valence-electron chi connectivity index (χ2n) is 4.42. The molecule has 2 N–H and O–H groups in total. The summed E-state index contributed by atoms with van der Waals surface area (Å²) >= 11 is 0. The molecule has 1 aromatic heterocycles. The second kappa shape index (κ2) is 3.73. The molecule has 3 heteroatoms. The first-order valence-electron chi connectivity index (χ1n) is 5.50. The molecule has 1 atom stereocenters. The smallest absolute Gasteiger partial charge is 0.0524 e. The zero-order valence-electron chi connectivity index (χ0n) is 9.03. The first-order chi connectivity index (χ1) is 6.74. The lowest BCUT2D eigenvalue weighted by atomic mass is 9.88. The van der Waals surface area contributed by atoms with Gasteiger partial charge in [-0.3, -0.25) is 4.68 Å². The van der Waals surface area contributed by atoms with Gasteiger partial charge in [0.25, 0.3) is 0 Å². The largest absolute Gasteiger partial charge is 0.330 e. The predicted octanol–water partition coefficient (Wildman–Crippen LogP) is 1.84. The maximum absolute atomic E-state index is 5.81. The van der Waals surface area contributed by atoms with E-state index >= 15 is 0 Å². The quantitative estimate of drug-likeness (QED) is 0.779. The standard InChI is InChI=1S/C11H19N3/c1-8(2)14-11-9(6-12)4-3-5-10(11)7-13-14/h7-9H,3-6,12H2,1-2H3. The van der Waals surface area contributed by atoms with E-state index in [0.717, 1.165) is 6.54 Å². The topological polar surface area (TPSA) is 43.8 Å². The van der Waals surface area contributed by atoms with E-state index in [2.05, 4.69) is 23.6 Å². The Bertz CT molecular complexity index is 314. The van der Waals surface area contributed by atoms with E-state index in [0.29, 0.717) is 12.0 Å². The average Bonchev–Trinajstić information content (AvgIpc) is 2.60. The fourth-order valence-corrected chi connectivity index (χ4v) is 2.37. The van der Waals surface area contributed by atoms with Crippen LogP contribution in [0.25, 0.3) is 0 Å². The summed E-state index contributed by atoms with van der Waals surface area (Å²) in [6.45, 7) is 5.11. The van der Waals surface area contributed by atoms with E-state index in [1.54, 1.807) is 0 Å². The maximum atomic E-state index is 5.81. The molecule has 1 aromatic rings. The summed E-state index contributed by atoms with van der Waals surface area (Å²) in [5, 5.41) is 4.46. The van der Waals surface area contributed by atoms with Gasteiger partial charge < -0.3 is 5.73 Å². The van der Waals surface area contributed by atoms with Gasteiger partial charge in [-0.1, -0.05) is 0 Å². The lowest BCUT2D eigenvalue weighted by molar-refractivity contribution is 0.454. The molecule has 1 heterocycles. The van der Waals surface area contributed by atoms with Crippen molar-refractivity contribution < 1.29 is 0 Å². The van der Waals surface area contributed by atoms with Gasteiger partial charge in [0.2, 0.25) is 0 Å². The summed E-state index contributed by atoms with van der Waals surface area (Å²) in [5.74, 6) is 0.531. The molecule has 0 amide bonds. The van der Waals surface area contributed by atoms with Crippen molar-refractivity contribution in [2.75, 3.05) is 6.54 Å². The number of nitrogens with zero attached hydrogens (tertiary/aromatic N) is 2. The van der Waals surface area contributed by atoms with Crippen LogP contribution in [-0.4, -0.2) is 16.3 Å². The molecule has 0 bridgehead atoms. The van der Waals surface area contributed by atoms with Crippen molar-refractivity contribution in [3.63, 3.8) is 0 Å². The van der Waals surface area contributed by atoms with Crippen molar-refractivity contribution in [2.24, 2.45) is 5.73 Å². The van der Waals surface area contributed by atoms with E-state index in [9.17, 15) is 0 Å². The first kappa shape index (κ1) is 9.71. The normalized spacial score (nSPS) is 21.3. The highest BCUT2D eigenvalue weighted by atomic mass is 15.3. The molecular formula is C11H19N3. The minimum absolute atomic E-state index is 0.450. The molecule has 1 unspecified atom stereocenters. The molecule has 14 heavy (non-hydrogen) atoms. The Morgan fingerprint density at radius 2 is 2.43 bits per heavy atom. The fraction of sp³-hybridized carbons (Fsp3) is 0.727. The fourth-order valence-electron chi connectivity index (χ4n) is 2.37. The zero-order chi connectivity index (χ0) is 10.1. The van der Waals surface area contributed by atoms with Crippen LogP contribution in [0, 0.1) is 0 Å². The van der Waals surface area contributed by atoms with Gasteiger partial charge in [0, 0.05) is 24.2 Å². The van der Waals surface area contributed by atoms with Crippen LogP contribution in [0.15, 0.2) is 6.20 Å². The number of aryl methyl sites for hydroxylation is 1. The Kier molecular flexibility index (Phi) is 2.59. The third-order valence-electron chi connectivity index (χ3n) is 3.07. The number of rotatable bonds is 2. The summed E-state index contributed by atoms with van der Waals surface area (Å²) in [6, 6.07) is 0.450. The van der Waals surface area contributed by atoms with Gasteiger partial charge in [0.1, 0.15) is 0 Å². The zero-order valence-corrected chi connectivity index (χ0v) is 9.03. The molecular weight excluding hydrogens is 174 g/mol. The number of hydrogen-bond acceptors (Lipinski definition) is 2. The van der Waals surface area contributed by atoms with E-state index in [-0.39, 0.29) is 0 Å². The van der Waals surface area contributed by atoms with E-state index in [1.807, 2.05) is 6.20 Å². The highest BCUT2D eigenvalue weighted by Gasteiger charge is 2.24. The van der Waals surface area contributed by atoms with Gasteiger partial charge in [0.05, 0.1) is 6.20 Å². The van der Waals surface area contributed by atoms with Crippen LogP contribution in [0.4, 0.5) is 0 Å². The van der Waals surface area contributed by atoms with Gasteiger partial charge in [0.15, 0.2) is 0 Å². The van der Waals surface area contributed by atoms with Gasteiger partial charge in [-0.05, 0) is 38.7 Å². The number of aromatic nitrogens is 2. The molecule has 0 radical (unpaired) electrons. The van der Waals surface area contributed by atoms with Gasteiger partial charge in [-0.2, -0.15) is 5.10 Å². The Labute approximate surface area is 85.3 Å². The number of fused-ring (bicyclic) bond motifs is 1. The van der Waals surface area contributed by atoms with Crippen LogP contribution in [0.3, 0.4) is 0 Å². The molecule has 0 fully saturated rings.